The fraction of sp³-hybridized carbons (Fsp3) is 0.300. The molecule has 0 saturated carbocycles. The summed E-state index contributed by atoms with van der Waals surface area (Å²) in [5.41, 5.74) is 3.63. The van der Waals surface area contributed by atoms with E-state index in [9.17, 15) is 0 Å². The van der Waals surface area contributed by atoms with E-state index in [0.29, 0.717) is 0 Å². The Bertz CT molecular complexity index is 471. The zero-order valence-electron chi connectivity index (χ0n) is 7.93. The largest absolute Gasteiger partial charge is 0.331 e. The third-order valence-corrected chi connectivity index (χ3v) is 3.13. The number of hydrogen-bond acceptors (Lipinski definition) is 1. The van der Waals surface area contributed by atoms with Crippen molar-refractivity contribution in [3.8, 4) is 0 Å². The minimum atomic E-state index is 1.07. The van der Waals surface area contributed by atoms with Gasteiger partial charge in [0.1, 0.15) is 11.3 Å². The minimum absolute atomic E-state index is 1.07. The van der Waals surface area contributed by atoms with Gasteiger partial charge in [0.25, 0.3) is 0 Å². The normalized spacial score (nSPS) is 11.1. The van der Waals surface area contributed by atoms with Gasteiger partial charge in [-0.3, -0.25) is 0 Å². The Morgan fingerprint density at radius 3 is 2.69 bits per heavy atom. The van der Waals surface area contributed by atoms with Crippen molar-refractivity contribution in [2.24, 2.45) is 7.05 Å². The first-order chi connectivity index (χ1) is 6.09. The van der Waals surface area contributed by atoms with Crippen molar-refractivity contribution in [1.29, 1.82) is 0 Å². The van der Waals surface area contributed by atoms with E-state index in [0.717, 1.165) is 11.3 Å². The van der Waals surface area contributed by atoms with Crippen LogP contribution in [0.15, 0.2) is 12.1 Å². The molecule has 0 N–H and O–H groups in total. The van der Waals surface area contributed by atoms with Crippen LogP contribution in [0.25, 0.3) is 11.0 Å². The van der Waals surface area contributed by atoms with Crippen LogP contribution in [0.3, 0.4) is 0 Å². The van der Waals surface area contributed by atoms with E-state index >= 15 is 0 Å². The maximum atomic E-state index is 4.51. The molecule has 2 rings (SSSR count). The molecular weight excluding hydrogens is 275 g/mol. The fourth-order valence-corrected chi connectivity index (χ4v) is 2.38. The van der Waals surface area contributed by atoms with Gasteiger partial charge < -0.3 is 4.57 Å². The molecule has 0 aliphatic carbocycles. The molecule has 0 spiro atoms. The summed E-state index contributed by atoms with van der Waals surface area (Å²) in [5, 5.41) is 0. The van der Waals surface area contributed by atoms with Gasteiger partial charge in [0.05, 0.1) is 5.52 Å². The summed E-state index contributed by atoms with van der Waals surface area (Å²) in [6.07, 6.45) is 0. The maximum Gasteiger partial charge on any atom is 0.106 e. The number of nitrogens with zero attached hydrogens (tertiary/aromatic N) is 2. The predicted molar refractivity (Wildman–Crippen MR) is 62.9 cm³/mol. The number of fused-ring (bicyclic) bond motifs is 1. The average molecular weight is 286 g/mol. The second kappa shape index (κ2) is 2.97. The number of aromatic nitrogens is 2. The van der Waals surface area contributed by atoms with Crippen molar-refractivity contribution in [2.45, 2.75) is 13.8 Å². The SMILES string of the molecule is Cc1cc(I)c2nc(C)n(C)c2c1. The molecule has 0 aliphatic rings. The van der Waals surface area contributed by atoms with Crippen molar-refractivity contribution in [3.05, 3.63) is 27.1 Å². The first-order valence-corrected chi connectivity index (χ1v) is 5.26. The smallest absolute Gasteiger partial charge is 0.106 e. The summed E-state index contributed by atoms with van der Waals surface area (Å²) >= 11 is 2.34. The van der Waals surface area contributed by atoms with Gasteiger partial charge in [0.2, 0.25) is 0 Å². The summed E-state index contributed by atoms with van der Waals surface area (Å²) in [5.74, 6) is 1.07. The van der Waals surface area contributed by atoms with Gasteiger partial charge in [0.15, 0.2) is 0 Å². The molecule has 0 fully saturated rings. The first kappa shape index (κ1) is 8.99. The van der Waals surface area contributed by atoms with Gasteiger partial charge in [-0.15, -0.1) is 0 Å². The third kappa shape index (κ3) is 1.35. The molecule has 1 aromatic heterocycles. The lowest BCUT2D eigenvalue weighted by Gasteiger charge is -1.99. The van der Waals surface area contributed by atoms with Crippen LogP contribution in [-0.4, -0.2) is 9.55 Å². The number of imidazole rings is 1. The van der Waals surface area contributed by atoms with Crippen LogP contribution >= 0.6 is 22.6 Å². The van der Waals surface area contributed by atoms with Crippen LogP contribution in [0.1, 0.15) is 11.4 Å². The van der Waals surface area contributed by atoms with Crippen molar-refractivity contribution >= 4 is 33.6 Å². The molecule has 0 bridgehead atoms. The Kier molecular flexibility index (Phi) is 2.06. The van der Waals surface area contributed by atoms with Crippen molar-refractivity contribution in [3.63, 3.8) is 0 Å². The van der Waals surface area contributed by atoms with Gasteiger partial charge >= 0.3 is 0 Å². The Labute approximate surface area is 91.1 Å². The Morgan fingerprint density at radius 1 is 1.31 bits per heavy atom. The number of rotatable bonds is 0. The Balaban J connectivity index is 2.94. The average Bonchev–Trinajstić information content (AvgIpc) is 2.32. The molecule has 0 amide bonds. The first-order valence-electron chi connectivity index (χ1n) is 4.19. The number of halogens is 1. The van der Waals surface area contributed by atoms with Gasteiger partial charge in [-0.25, -0.2) is 4.98 Å². The van der Waals surface area contributed by atoms with Gasteiger partial charge in [-0.05, 0) is 54.1 Å². The zero-order valence-corrected chi connectivity index (χ0v) is 10.1. The Morgan fingerprint density at radius 2 is 2.00 bits per heavy atom. The molecule has 0 aliphatic heterocycles. The van der Waals surface area contributed by atoms with E-state index in [1.54, 1.807) is 0 Å². The van der Waals surface area contributed by atoms with E-state index in [1.807, 2.05) is 6.92 Å². The lowest BCUT2D eigenvalue weighted by molar-refractivity contribution is 0.885. The molecule has 0 unspecified atom stereocenters. The predicted octanol–water partition coefficient (Wildman–Crippen LogP) is 2.79. The molecule has 0 radical (unpaired) electrons. The summed E-state index contributed by atoms with van der Waals surface area (Å²) < 4.78 is 3.36. The number of aryl methyl sites for hydroxylation is 3. The van der Waals surface area contributed by atoms with Gasteiger partial charge in [-0.1, -0.05) is 0 Å². The third-order valence-electron chi connectivity index (χ3n) is 2.31. The molecular formula is C10H11IN2. The molecule has 13 heavy (non-hydrogen) atoms. The highest BCUT2D eigenvalue weighted by molar-refractivity contribution is 14.1. The van der Waals surface area contributed by atoms with Gasteiger partial charge in [0, 0.05) is 10.6 Å². The molecule has 68 valence electrons. The molecule has 2 aromatic rings. The van der Waals surface area contributed by atoms with Crippen LogP contribution in [0.2, 0.25) is 0 Å². The van der Waals surface area contributed by atoms with E-state index in [2.05, 4.69) is 58.2 Å². The molecule has 3 heteroatoms. The van der Waals surface area contributed by atoms with Crippen LogP contribution < -0.4 is 0 Å². The zero-order chi connectivity index (χ0) is 9.59. The highest BCUT2D eigenvalue weighted by atomic mass is 127. The summed E-state index contributed by atoms with van der Waals surface area (Å²) in [6, 6.07) is 4.34. The second-order valence-corrected chi connectivity index (χ2v) is 4.49. The lowest BCUT2D eigenvalue weighted by atomic mass is 10.2. The van der Waals surface area contributed by atoms with Crippen LogP contribution in [0.4, 0.5) is 0 Å². The van der Waals surface area contributed by atoms with E-state index in [4.69, 9.17) is 0 Å². The standard InChI is InChI=1S/C10H11IN2/c1-6-4-8(11)10-9(5-6)13(3)7(2)12-10/h4-5H,1-3H3. The molecule has 1 aromatic carbocycles. The monoisotopic (exact) mass is 286 g/mol. The highest BCUT2D eigenvalue weighted by Crippen LogP contribution is 2.22. The number of hydrogen-bond donors (Lipinski definition) is 0. The summed E-state index contributed by atoms with van der Waals surface area (Å²) in [6.45, 7) is 4.15. The van der Waals surface area contributed by atoms with Gasteiger partial charge in [-0.2, -0.15) is 0 Å². The molecule has 1 heterocycles. The lowest BCUT2D eigenvalue weighted by Crippen LogP contribution is -1.90. The topological polar surface area (TPSA) is 17.8 Å². The maximum absolute atomic E-state index is 4.51. The van der Waals surface area contributed by atoms with Crippen LogP contribution in [-0.2, 0) is 7.05 Å². The molecule has 0 atom stereocenters. The van der Waals surface area contributed by atoms with E-state index < -0.39 is 0 Å². The van der Waals surface area contributed by atoms with Crippen molar-refractivity contribution in [2.75, 3.05) is 0 Å². The molecule has 0 saturated heterocycles. The van der Waals surface area contributed by atoms with E-state index in [-0.39, 0.29) is 0 Å². The van der Waals surface area contributed by atoms with Crippen LogP contribution in [0, 0.1) is 17.4 Å². The Hall–Kier alpha value is -0.580. The number of benzene rings is 1. The summed E-state index contributed by atoms with van der Waals surface area (Å²) in [4.78, 5) is 4.51. The minimum Gasteiger partial charge on any atom is -0.331 e. The second-order valence-electron chi connectivity index (χ2n) is 3.33. The van der Waals surface area contributed by atoms with Crippen LogP contribution in [0.5, 0.6) is 0 Å². The van der Waals surface area contributed by atoms with Crippen molar-refractivity contribution in [1.82, 2.24) is 9.55 Å². The van der Waals surface area contributed by atoms with Crippen molar-refractivity contribution < 1.29 is 0 Å². The summed E-state index contributed by atoms with van der Waals surface area (Å²) in [7, 11) is 2.06. The quantitative estimate of drug-likeness (QED) is 0.681. The fourth-order valence-electron chi connectivity index (χ4n) is 1.49. The van der Waals surface area contributed by atoms with E-state index in [1.165, 1.54) is 14.7 Å². The highest BCUT2D eigenvalue weighted by Gasteiger charge is 2.07. The molecule has 2 nitrogen and oxygen atoms in total.